The molecule has 4 rings (SSSR count). The second kappa shape index (κ2) is 8.59. The Balaban J connectivity index is 1.64. The minimum atomic E-state index is -0.188. The number of hydrogen-bond acceptors (Lipinski definition) is 4. The van der Waals surface area contributed by atoms with E-state index in [-0.39, 0.29) is 5.91 Å². The zero-order valence-corrected chi connectivity index (χ0v) is 17.2. The standard InChI is InChI=1S/C22H18ClN3O2S/c1-28-19-11-14(9-10-24-19)13-25-22(27)20-21(29-16-5-3-2-4-6-16)17-12-15(23)7-8-18(17)26-20/h2-12,26H,13H2,1H3,(H,25,27). The van der Waals surface area contributed by atoms with Gasteiger partial charge in [-0.05, 0) is 42.0 Å². The van der Waals surface area contributed by atoms with Gasteiger partial charge in [0.15, 0.2) is 0 Å². The Morgan fingerprint density at radius 3 is 2.79 bits per heavy atom. The molecule has 0 bridgehead atoms. The first-order valence-corrected chi connectivity index (χ1v) is 10.1. The number of pyridine rings is 1. The van der Waals surface area contributed by atoms with Crippen molar-refractivity contribution in [3.8, 4) is 5.88 Å². The van der Waals surface area contributed by atoms with Gasteiger partial charge in [-0.25, -0.2) is 4.98 Å². The normalized spacial score (nSPS) is 10.8. The molecular formula is C22H18ClN3O2S. The number of carbonyl (C=O) groups excluding carboxylic acids is 1. The van der Waals surface area contributed by atoms with Gasteiger partial charge in [0.1, 0.15) is 5.69 Å². The van der Waals surface area contributed by atoms with Crippen molar-refractivity contribution < 1.29 is 9.53 Å². The number of aromatic nitrogens is 2. The summed E-state index contributed by atoms with van der Waals surface area (Å²) < 4.78 is 5.14. The Morgan fingerprint density at radius 1 is 1.17 bits per heavy atom. The molecule has 2 aromatic carbocycles. The predicted molar refractivity (Wildman–Crippen MR) is 116 cm³/mol. The summed E-state index contributed by atoms with van der Waals surface area (Å²) in [4.78, 5) is 22.2. The molecule has 0 unspecified atom stereocenters. The van der Waals surface area contributed by atoms with Gasteiger partial charge in [0, 0.05) is 39.6 Å². The lowest BCUT2D eigenvalue weighted by Gasteiger charge is -2.08. The summed E-state index contributed by atoms with van der Waals surface area (Å²) in [6.45, 7) is 0.364. The van der Waals surface area contributed by atoms with E-state index in [0.29, 0.717) is 23.1 Å². The number of methoxy groups -OCH3 is 1. The van der Waals surface area contributed by atoms with Crippen molar-refractivity contribution in [3.63, 3.8) is 0 Å². The van der Waals surface area contributed by atoms with E-state index >= 15 is 0 Å². The van der Waals surface area contributed by atoms with E-state index in [1.165, 1.54) is 11.8 Å². The van der Waals surface area contributed by atoms with Crippen molar-refractivity contribution in [1.82, 2.24) is 15.3 Å². The molecule has 1 amide bonds. The fourth-order valence-electron chi connectivity index (χ4n) is 2.95. The lowest BCUT2D eigenvalue weighted by molar-refractivity contribution is 0.0943. The Hall–Kier alpha value is -2.96. The molecule has 2 N–H and O–H groups in total. The minimum Gasteiger partial charge on any atom is -0.481 e. The van der Waals surface area contributed by atoms with Gasteiger partial charge in [0.2, 0.25) is 5.88 Å². The first-order valence-electron chi connectivity index (χ1n) is 8.95. The van der Waals surface area contributed by atoms with Crippen LogP contribution in [0.5, 0.6) is 5.88 Å². The monoisotopic (exact) mass is 423 g/mol. The van der Waals surface area contributed by atoms with Crippen LogP contribution >= 0.6 is 23.4 Å². The molecule has 0 aliphatic carbocycles. The zero-order chi connectivity index (χ0) is 20.2. The number of halogens is 1. The molecule has 0 aliphatic rings. The molecule has 4 aromatic rings. The Bertz CT molecular complexity index is 1160. The average Bonchev–Trinajstić information content (AvgIpc) is 3.10. The molecule has 2 heterocycles. The van der Waals surface area contributed by atoms with Crippen molar-refractivity contribution in [1.29, 1.82) is 0 Å². The molecule has 0 atom stereocenters. The number of amides is 1. The Morgan fingerprint density at radius 2 is 2.00 bits per heavy atom. The minimum absolute atomic E-state index is 0.188. The Labute approximate surface area is 177 Å². The molecule has 7 heteroatoms. The van der Waals surface area contributed by atoms with E-state index in [0.717, 1.165) is 26.3 Å². The van der Waals surface area contributed by atoms with Crippen LogP contribution in [0.2, 0.25) is 5.02 Å². The van der Waals surface area contributed by atoms with Crippen molar-refractivity contribution in [2.24, 2.45) is 0 Å². The maximum atomic E-state index is 13.0. The van der Waals surface area contributed by atoms with E-state index in [2.05, 4.69) is 15.3 Å². The van der Waals surface area contributed by atoms with E-state index in [9.17, 15) is 4.79 Å². The number of ether oxygens (including phenoxy) is 1. The van der Waals surface area contributed by atoms with Crippen LogP contribution < -0.4 is 10.1 Å². The fraction of sp³-hybridized carbons (Fsp3) is 0.0909. The zero-order valence-electron chi connectivity index (χ0n) is 15.6. The molecule has 0 aliphatic heterocycles. The first kappa shape index (κ1) is 19.4. The number of fused-ring (bicyclic) bond motifs is 1. The highest BCUT2D eigenvalue weighted by molar-refractivity contribution is 7.99. The van der Waals surface area contributed by atoms with Crippen LogP contribution in [0.15, 0.2) is 76.7 Å². The molecule has 29 heavy (non-hydrogen) atoms. The highest BCUT2D eigenvalue weighted by atomic mass is 35.5. The van der Waals surface area contributed by atoms with Crippen LogP contribution in [0.3, 0.4) is 0 Å². The fourth-order valence-corrected chi connectivity index (χ4v) is 4.18. The third kappa shape index (κ3) is 4.39. The lowest BCUT2D eigenvalue weighted by Crippen LogP contribution is -2.23. The van der Waals surface area contributed by atoms with Gasteiger partial charge >= 0.3 is 0 Å². The molecule has 0 saturated heterocycles. The number of aromatic amines is 1. The van der Waals surface area contributed by atoms with E-state index < -0.39 is 0 Å². The summed E-state index contributed by atoms with van der Waals surface area (Å²) in [7, 11) is 1.56. The summed E-state index contributed by atoms with van der Waals surface area (Å²) in [6, 6.07) is 19.1. The molecule has 5 nitrogen and oxygen atoms in total. The molecular weight excluding hydrogens is 406 g/mol. The number of rotatable bonds is 6. The lowest BCUT2D eigenvalue weighted by atomic mass is 10.2. The molecule has 0 saturated carbocycles. The van der Waals surface area contributed by atoms with E-state index in [1.807, 2.05) is 54.6 Å². The molecule has 0 radical (unpaired) electrons. The highest BCUT2D eigenvalue weighted by Gasteiger charge is 2.19. The van der Waals surface area contributed by atoms with Gasteiger partial charge < -0.3 is 15.0 Å². The van der Waals surface area contributed by atoms with E-state index in [1.54, 1.807) is 19.4 Å². The van der Waals surface area contributed by atoms with Gasteiger partial charge in [-0.15, -0.1) is 0 Å². The van der Waals surface area contributed by atoms with E-state index in [4.69, 9.17) is 16.3 Å². The van der Waals surface area contributed by atoms with Crippen molar-refractivity contribution in [3.05, 3.63) is 83.1 Å². The summed E-state index contributed by atoms with van der Waals surface area (Å²) >= 11 is 7.75. The number of carbonyl (C=O) groups is 1. The summed E-state index contributed by atoms with van der Waals surface area (Å²) in [5.74, 6) is 0.323. The van der Waals surface area contributed by atoms with Gasteiger partial charge in [-0.2, -0.15) is 0 Å². The third-order valence-corrected chi connectivity index (χ3v) is 5.74. The van der Waals surface area contributed by atoms with Gasteiger partial charge in [0.05, 0.1) is 12.0 Å². The second-order valence-electron chi connectivity index (χ2n) is 6.32. The van der Waals surface area contributed by atoms with Gasteiger partial charge in [-0.1, -0.05) is 41.6 Å². The van der Waals surface area contributed by atoms with Crippen LogP contribution in [0.1, 0.15) is 16.1 Å². The summed E-state index contributed by atoms with van der Waals surface area (Å²) in [6.07, 6.45) is 1.65. The number of hydrogen-bond donors (Lipinski definition) is 2. The molecule has 0 fully saturated rings. The summed E-state index contributed by atoms with van der Waals surface area (Å²) in [5.41, 5.74) is 2.28. The number of H-pyrrole nitrogens is 1. The van der Waals surface area contributed by atoms with Crippen molar-refractivity contribution in [2.75, 3.05) is 7.11 Å². The van der Waals surface area contributed by atoms with Crippen LogP contribution in [-0.4, -0.2) is 23.0 Å². The van der Waals surface area contributed by atoms with Gasteiger partial charge in [0.25, 0.3) is 5.91 Å². The second-order valence-corrected chi connectivity index (χ2v) is 7.84. The highest BCUT2D eigenvalue weighted by Crippen LogP contribution is 2.37. The topological polar surface area (TPSA) is 67.0 Å². The number of nitrogens with one attached hydrogen (secondary N) is 2. The number of benzene rings is 2. The smallest absolute Gasteiger partial charge is 0.269 e. The largest absolute Gasteiger partial charge is 0.481 e. The van der Waals surface area contributed by atoms with Crippen LogP contribution in [-0.2, 0) is 6.54 Å². The number of nitrogens with zero attached hydrogens (tertiary/aromatic N) is 1. The maximum Gasteiger partial charge on any atom is 0.269 e. The predicted octanol–water partition coefficient (Wildman–Crippen LogP) is 5.31. The SMILES string of the molecule is COc1cc(CNC(=O)c2[nH]c3ccc(Cl)cc3c2Sc2ccccc2)ccn1. The third-order valence-electron chi connectivity index (χ3n) is 4.36. The molecule has 0 spiro atoms. The van der Waals surface area contributed by atoms with Crippen LogP contribution in [0.25, 0.3) is 10.9 Å². The Kier molecular flexibility index (Phi) is 5.74. The average molecular weight is 424 g/mol. The first-order chi connectivity index (χ1) is 14.1. The molecule has 2 aromatic heterocycles. The van der Waals surface area contributed by atoms with Crippen molar-refractivity contribution in [2.45, 2.75) is 16.3 Å². The quantitative estimate of drug-likeness (QED) is 0.441. The van der Waals surface area contributed by atoms with Gasteiger partial charge in [-0.3, -0.25) is 4.79 Å². The van der Waals surface area contributed by atoms with Crippen LogP contribution in [0, 0.1) is 0 Å². The van der Waals surface area contributed by atoms with Crippen LogP contribution in [0.4, 0.5) is 0 Å². The molecule has 146 valence electrons. The maximum absolute atomic E-state index is 13.0. The van der Waals surface area contributed by atoms with Crippen molar-refractivity contribution >= 4 is 40.2 Å². The summed E-state index contributed by atoms with van der Waals surface area (Å²) in [5, 5.41) is 4.51.